The summed E-state index contributed by atoms with van der Waals surface area (Å²) in [5, 5.41) is 5.09. The normalized spacial score (nSPS) is 19.8. The maximum absolute atomic E-state index is 14.1. The van der Waals surface area contributed by atoms with Crippen LogP contribution >= 0.6 is 11.3 Å². The Hall–Kier alpha value is -3.23. The van der Waals surface area contributed by atoms with E-state index >= 15 is 0 Å². The van der Waals surface area contributed by atoms with Crippen molar-refractivity contribution in [2.24, 2.45) is 0 Å². The first-order valence-corrected chi connectivity index (χ1v) is 14.3. The fraction of sp³-hybridized carbons (Fsp3) is 0.400. The number of aryl methyl sites for hydroxylation is 1. The molecule has 0 unspecified atom stereocenters. The Balaban J connectivity index is 1.17. The Morgan fingerprint density at radius 3 is 2.63 bits per heavy atom. The monoisotopic (exact) mass is 534 g/mol. The molecule has 0 saturated carbocycles. The van der Waals surface area contributed by atoms with Crippen molar-refractivity contribution in [3.8, 4) is 0 Å². The SMILES string of the molecule is CCc1ccc(NC(=O)N2CCN(C(=O)CCN3CCc4sccc4[C@@H]3c3cccc(F)c3)C[C@@H]2C)cc1. The molecule has 3 aromatic rings. The van der Waals surface area contributed by atoms with Crippen molar-refractivity contribution in [2.45, 2.75) is 45.2 Å². The lowest BCUT2D eigenvalue weighted by Crippen LogP contribution is -2.56. The van der Waals surface area contributed by atoms with Crippen LogP contribution in [0, 0.1) is 5.82 Å². The average Bonchev–Trinajstić information content (AvgIpc) is 3.40. The van der Waals surface area contributed by atoms with Gasteiger partial charge in [0.15, 0.2) is 0 Å². The highest BCUT2D eigenvalue weighted by Gasteiger charge is 2.32. The summed E-state index contributed by atoms with van der Waals surface area (Å²) < 4.78 is 14.1. The number of halogens is 1. The molecule has 2 aliphatic heterocycles. The first-order valence-electron chi connectivity index (χ1n) is 13.4. The van der Waals surface area contributed by atoms with Crippen LogP contribution in [-0.2, 0) is 17.6 Å². The average molecular weight is 535 g/mol. The lowest BCUT2D eigenvalue weighted by molar-refractivity contribution is -0.134. The van der Waals surface area contributed by atoms with Gasteiger partial charge in [0.25, 0.3) is 0 Å². The third-order valence-electron chi connectivity index (χ3n) is 7.70. The Morgan fingerprint density at radius 2 is 1.89 bits per heavy atom. The molecule has 0 spiro atoms. The van der Waals surface area contributed by atoms with Crippen LogP contribution in [0.3, 0.4) is 0 Å². The van der Waals surface area contributed by atoms with Gasteiger partial charge in [-0.1, -0.05) is 31.2 Å². The molecular weight excluding hydrogens is 499 g/mol. The minimum absolute atomic E-state index is 0.0423. The van der Waals surface area contributed by atoms with Crippen molar-refractivity contribution in [3.05, 3.63) is 87.4 Å². The van der Waals surface area contributed by atoms with Crippen LogP contribution in [0.15, 0.2) is 60.0 Å². The maximum Gasteiger partial charge on any atom is 0.322 e. The van der Waals surface area contributed by atoms with Crippen molar-refractivity contribution in [1.29, 1.82) is 0 Å². The largest absolute Gasteiger partial charge is 0.339 e. The second-order valence-electron chi connectivity index (χ2n) is 10.2. The summed E-state index contributed by atoms with van der Waals surface area (Å²) in [5.74, 6) is -0.143. The number of anilines is 1. The molecule has 1 aromatic heterocycles. The second kappa shape index (κ2) is 11.7. The molecule has 0 radical (unpaired) electrons. The van der Waals surface area contributed by atoms with Crippen LogP contribution in [0.1, 0.15) is 47.9 Å². The molecule has 6 nitrogen and oxygen atoms in total. The van der Waals surface area contributed by atoms with Gasteiger partial charge in [0, 0.05) is 55.8 Å². The Bertz CT molecular complexity index is 1280. The molecule has 2 aliphatic rings. The van der Waals surface area contributed by atoms with Gasteiger partial charge in [-0.2, -0.15) is 0 Å². The van der Waals surface area contributed by atoms with Crippen LogP contribution in [0.5, 0.6) is 0 Å². The van der Waals surface area contributed by atoms with Crippen LogP contribution in [0.4, 0.5) is 14.9 Å². The number of nitrogens with zero attached hydrogens (tertiary/aromatic N) is 3. The number of hydrogen-bond donors (Lipinski definition) is 1. The summed E-state index contributed by atoms with van der Waals surface area (Å²) in [5.41, 5.74) is 4.15. The Labute approximate surface area is 228 Å². The molecule has 2 atom stereocenters. The molecule has 1 saturated heterocycles. The van der Waals surface area contributed by atoms with Crippen LogP contribution in [-0.4, -0.2) is 65.4 Å². The summed E-state index contributed by atoms with van der Waals surface area (Å²) in [6.45, 7) is 7.08. The number of rotatable bonds is 6. The van der Waals surface area contributed by atoms with Gasteiger partial charge in [-0.3, -0.25) is 9.69 Å². The molecule has 5 rings (SSSR count). The molecule has 1 N–H and O–H groups in total. The number of urea groups is 1. The highest BCUT2D eigenvalue weighted by Crippen LogP contribution is 2.38. The van der Waals surface area contributed by atoms with E-state index in [2.05, 4.69) is 28.6 Å². The fourth-order valence-electron chi connectivity index (χ4n) is 5.58. The molecule has 200 valence electrons. The van der Waals surface area contributed by atoms with Gasteiger partial charge >= 0.3 is 6.03 Å². The van der Waals surface area contributed by atoms with Gasteiger partial charge in [-0.25, -0.2) is 9.18 Å². The van der Waals surface area contributed by atoms with E-state index in [0.29, 0.717) is 32.6 Å². The molecule has 3 amide bonds. The quantitative estimate of drug-likeness (QED) is 0.451. The van der Waals surface area contributed by atoms with E-state index in [1.165, 1.54) is 22.1 Å². The van der Waals surface area contributed by atoms with Gasteiger partial charge in [-0.15, -0.1) is 11.3 Å². The molecule has 38 heavy (non-hydrogen) atoms. The molecule has 0 bridgehead atoms. The summed E-state index contributed by atoms with van der Waals surface area (Å²) in [6, 6.07) is 16.6. The zero-order valence-electron chi connectivity index (χ0n) is 22.0. The smallest absolute Gasteiger partial charge is 0.322 e. The van der Waals surface area contributed by atoms with Crippen molar-refractivity contribution >= 4 is 29.0 Å². The van der Waals surface area contributed by atoms with Gasteiger partial charge in [0.1, 0.15) is 5.82 Å². The predicted molar refractivity (Wildman–Crippen MR) is 150 cm³/mol. The number of benzene rings is 2. The number of carbonyl (C=O) groups excluding carboxylic acids is 2. The zero-order valence-corrected chi connectivity index (χ0v) is 22.8. The lowest BCUT2D eigenvalue weighted by Gasteiger charge is -2.40. The van der Waals surface area contributed by atoms with Gasteiger partial charge in [0.05, 0.1) is 6.04 Å². The number of fused-ring (bicyclic) bond motifs is 1. The molecule has 2 aromatic carbocycles. The summed E-state index contributed by atoms with van der Waals surface area (Å²) in [4.78, 5) is 33.4. The molecule has 3 heterocycles. The highest BCUT2D eigenvalue weighted by molar-refractivity contribution is 7.10. The van der Waals surface area contributed by atoms with E-state index in [0.717, 1.165) is 30.6 Å². The second-order valence-corrected chi connectivity index (χ2v) is 11.2. The topological polar surface area (TPSA) is 55.9 Å². The van der Waals surface area contributed by atoms with E-state index in [-0.39, 0.29) is 29.8 Å². The standard InChI is InChI=1S/C30H35FN4O2S/c1-3-22-7-9-25(10-8-22)32-30(37)35-17-16-34(20-21(35)2)28(36)12-15-33-14-11-27-26(13-18-38-27)29(33)23-5-4-6-24(31)19-23/h4-10,13,18-19,21,29H,3,11-12,14-17,20H2,1-2H3,(H,32,37)/t21-,29-/m0/s1. The summed E-state index contributed by atoms with van der Waals surface area (Å²) >= 11 is 1.75. The van der Waals surface area contributed by atoms with Crippen molar-refractivity contribution in [2.75, 3.05) is 38.0 Å². The van der Waals surface area contributed by atoms with Crippen molar-refractivity contribution in [3.63, 3.8) is 0 Å². The number of piperazine rings is 1. The summed E-state index contributed by atoms with van der Waals surface area (Å²) in [7, 11) is 0. The number of thiophene rings is 1. The molecule has 1 fully saturated rings. The van der Waals surface area contributed by atoms with Crippen molar-refractivity contribution < 1.29 is 14.0 Å². The number of amides is 3. The van der Waals surface area contributed by atoms with Crippen LogP contribution in [0.25, 0.3) is 0 Å². The predicted octanol–water partition coefficient (Wildman–Crippen LogP) is 5.55. The molecular formula is C30H35FN4O2S. The lowest BCUT2D eigenvalue weighted by atomic mass is 9.93. The fourth-order valence-corrected chi connectivity index (χ4v) is 6.48. The minimum Gasteiger partial charge on any atom is -0.339 e. The number of hydrogen-bond acceptors (Lipinski definition) is 4. The zero-order chi connectivity index (χ0) is 26.6. The van der Waals surface area contributed by atoms with Crippen molar-refractivity contribution in [1.82, 2.24) is 14.7 Å². The van der Waals surface area contributed by atoms with Gasteiger partial charge in [0.2, 0.25) is 5.91 Å². The molecule has 8 heteroatoms. The number of carbonyl (C=O) groups is 2. The first-order chi connectivity index (χ1) is 18.4. The third-order valence-corrected chi connectivity index (χ3v) is 8.69. The van der Waals surface area contributed by atoms with E-state index in [1.54, 1.807) is 28.4 Å². The van der Waals surface area contributed by atoms with Gasteiger partial charge < -0.3 is 15.1 Å². The minimum atomic E-state index is -0.241. The Kier molecular flexibility index (Phi) is 8.09. The summed E-state index contributed by atoms with van der Waals surface area (Å²) in [6.07, 6.45) is 2.30. The first kappa shape index (κ1) is 26.4. The molecule has 0 aliphatic carbocycles. The van der Waals surface area contributed by atoms with E-state index < -0.39 is 0 Å². The van der Waals surface area contributed by atoms with E-state index in [9.17, 15) is 14.0 Å². The third kappa shape index (κ3) is 5.76. The highest BCUT2D eigenvalue weighted by atomic mass is 32.1. The number of nitrogens with one attached hydrogen (secondary N) is 1. The van der Waals surface area contributed by atoms with Crippen LogP contribution < -0.4 is 5.32 Å². The Morgan fingerprint density at radius 1 is 1.08 bits per heavy atom. The van der Waals surface area contributed by atoms with Gasteiger partial charge in [-0.05, 0) is 72.2 Å². The van der Waals surface area contributed by atoms with E-state index in [1.807, 2.05) is 42.2 Å². The van der Waals surface area contributed by atoms with E-state index in [4.69, 9.17) is 0 Å². The maximum atomic E-state index is 14.1. The van der Waals surface area contributed by atoms with Crippen LogP contribution in [0.2, 0.25) is 0 Å².